The van der Waals surface area contributed by atoms with E-state index in [0.29, 0.717) is 23.4 Å². The molecule has 0 spiro atoms. The van der Waals surface area contributed by atoms with Crippen molar-refractivity contribution in [1.82, 2.24) is 5.32 Å². The first-order valence-electron chi connectivity index (χ1n) is 7.75. The largest absolute Gasteiger partial charge is 0.367 e. The average Bonchev–Trinajstić information content (AvgIpc) is 3.20. The predicted molar refractivity (Wildman–Crippen MR) is 84.8 cm³/mol. The third-order valence-corrected chi connectivity index (χ3v) is 4.43. The van der Waals surface area contributed by atoms with Crippen molar-refractivity contribution in [2.75, 3.05) is 11.9 Å². The van der Waals surface area contributed by atoms with Crippen LogP contribution in [0.3, 0.4) is 0 Å². The summed E-state index contributed by atoms with van der Waals surface area (Å²) >= 11 is 0. The molecule has 0 aromatic heterocycles. The second-order valence-corrected chi connectivity index (χ2v) is 6.01. The average molecular weight is 312 g/mol. The lowest BCUT2D eigenvalue weighted by Gasteiger charge is -2.23. The first kappa shape index (κ1) is 14.4. The first-order chi connectivity index (χ1) is 11.2. The van der Waals surface area contributed by atoms with Gasteiger partial charge in [-0.1, -0.05) is 12.1 Å². The van der Waals surface area contributed by atoms with Gasteiger partial charge in [0.25, 0.3) is 5.91 Å². The number of rotatable bonds is 3. The van der Waals surface area contributed by atoms with Gasteiger partial charge >= 0.3 is 0 Å². The van der Waals surface area contributed by atoms with E-state index in [4.69, 9.17) is 4.74 Å². The number of carbonyl (C=O) groups excluding carboxylic acids is 1. The molecule has 23 heavy (non-hydrogen) atoms. The maximum atomic E-state index is 12.9. The zero-order valence-electron chi connectivity index (χ0n) is 12.5. The highest BCUT2D eigenvalue weighted by Gasteiger charge is 2.41. The van der Waals surface area contributed by atoms with E-state index in [1.54, 1.807) is 12.1 Å². The topological polar surface area (TPSA) is 50.4 Å². The number of morpholine rings is 1. The molecule has 0 aliphatic carbocycles. The van der Waals surface area contributed by atoms with E-state index in [1.807, 2.05) is 12.1 Å². The molecule has 2 aromatic rings. The Balaban J connectivity index is 1.45. The van der Waals surface area contributed by atoms with Crippen LogP contribution in [0.25, 0.3) is 0 Å². The lowest BCUT2D eigenvalue weighted by atomic mass is 10.0. The molecule has 118 valence electrons. The first-order valence-corrected chi connectivity index (χ1v) is 7.75. The molecule has 0 unspecified atom stereocenters. The summed E-state index contributed by atoms with van der Waals surface area (Å²) in [5, 5.41) is 6.20. The van der Waals surface area contributed by atoms with Gasteiger partial charge in [-0.05, 0) is 48.4 Å². The van der Waals surface area contributed by atoms with Crippen LogP contribution in [0.4, 0.5) is 10.1 Å². The van der Waals surface area contributed by atoms with Gasteiger partial charge in [-0.3, -0.25) is 4.79 Å². The molecule has 1 amide bonds. The van der Waals surface area contributed by atoms with Crippen LogP contribution in [0, 0.1) is 5.82 Å². The van der Waals surface area contributed by atoms with Crippen LogP contribution in [0.2, 0.25) is 0 Å². The number of fused-ring (bicyclic) bond motifs is 2. The smallest absolute Gasteiger partial charge is 0.255 e. The fourth-order valence-electron chi connectivity index (χ4n) is 3.24. The van der Waals surface area contributed by atoms with Gasteiger partial charge in [0.05, 0.1) is 12.2 Å². The van der Waals surface area contributed by atoms with Gasteiger partial charge in [0.1, 0.15) is 5.82 Å². The molecule has 2 N–H and O–H groups in total. The van der Waals surface area contributed by atoms with Gasteiger partial charge in [0, 0.05) is 23.8 Å². The number of hydrogen-bond acceptors (Lipinski definition) is 3. The van der Waals surface area contributed by atoms with Crippen LogP contribution in [-0.4, -0.2) is 24.6 Å². The number of ether oxygens (including phenoxy) is 1. The van der Waals surface area contributed by atoms with E-state index in [0.717, 1.165) is 18.5 Å². The minimum atomic E-state index is -0.327. The van der Waals surface area contributed by atoms with Crippen molar-refractivity contribution in [2.24, 2.45) is 0 Å². The molecule has 3 atom stereocenters. The van der Waals surface area contributed by atoms with Gasteiger partial charge in [0.15, 0.2) is 0 Å². The fraction of sp³-hybridized carbons (Fsp3) is 0.278. The number of carbonyl (C=O) groups is 1. The Bertz CT molecular complexity index is 715. The number of benzene rings is 2. The highest BCUT2D eigenvalue weighted by Crippen LogP contribution is 2.36. The Labute approximate surface area is 133 Å². The summed E-state index contributed by atoms with van der Waals surface area (Å²) in [7, 11) is 0. The van der Waals surface area contributed by atoms with Crippen molar-refractivity contribution in [3.8, 4) is 0 Å². The number of hydrogen-bond donors (Lipinski definition) is 2. The number of anilines is 1. The van der Waals surface area contributed by atoms with Crippen molar-refractivity contribution in [3.63, 3.8) is 0 Å². The summed E-state index contributed by atoms with van der Waals surface area (Å²) < 4.78 is 18.8. The SMILES string of the molecule is O=C(Nc1ccc(F)cc1)c1ccc([C@H]2O[C@@H]3CN[C@H]2C3)cc1. The maximum absolute atomic E-state index is 12.9. The standard InChI is InChI=1S/C18H17FN2O2/c19-13-5-7-14(8-6-13)21-18(22)12-3-1-11(2-4-12)17-16-9-15(23-17)10-20-16/h1-8,15-17,20H,9-10H2,(H,21,22)/t15-,16-,17+/m0/s1. The molecule has 2 aliphatic heterocycles. The van der Waals surface area contributed by atoms with Crippen LogP contribution in [0.1, 0.15) is 28.4 Å². The number of nitrogens with one attached hydrogen (secondary N) is 2. The van der Waals surface area contributed by atoms with E-state index >= 15 is 0 Å². The van der Waals surface area contributed by atoms with Crippen molar-refractivity contribution >= 4 is 11.6 Å². The summed E-state index contributed by atoms with van der Waals surface area (Å²) in [4.78, 5) is 12.2. The van der Waals surface area contributed by atoms with Crippen molar-refractivity contribution in [2.45, 2.75) is 24.7 Å². The Morgan fingerprint density at radius 3 is 2.48 bits per heavy atom. The van der Waals surface area contributed by atoms with Gasteiger partial charge in [-0.25, -0.2) is 4.39 Å². The molecular weight excluding hydrogens is 295 g/mol. The van der Waals surface area contributed by atoms with Gasteiger partial charge in [-0.2, -0.15) is 0 Å². The summed E-state index contributed by atoms with van der Waals surface area (Å²) in [6, 6.07) is 13.6. The van der Waals surface area contributed by atoms with Crippen LogP contribution < -0.4 is 10.6 Å². The van der Waals surface area contributed by atoms with E-state index in [1.165, 1.54) is 24.3 Å². The lowest BCUT2D eigenvalue weighted by Crippen LogP contribution is -2.34. The lowest BCUT2D eigenvalue weighted by molar-refractivity contribution is 0.0160. The zero-order valence-corrected chi connectivity index (χ0v) is 12.5. The maximum Gasteiger partial charge on any atom is 0.255 e. The second-order valence-electron chi connectivity index (χ2n) is 6.01. The molecule has 2 heterocycles. The summed E-state index contributed by atoms with van der Waals surface area (Å²) in [6.45, 7) is 0.930. The fourth-order valence-corrected chi connectivity index (χ4v) is 3.24. The van der Waals surface area contributed by atoms with Crippen LogP contribution in [-0.2, 0) is 4.74 Å². The molecule has 2 fully saturated rings. The molecular formula is C18H17FN2O2. The molecule has 2 aromatic carbocycles. The summed E-state index contributed by atoms with van der Waals surface area (Å²) in [6.07, 6.45) is 1.44. The van der Waals surface area contributed by atoms with Crippen LogP contribution >= 0.6 is 0 Å². The normalized spacial score (nSPS) is 25.5. The molecule has 0 saturated carbocycles. The zero-order chi connectivity index (χ0) is 15.8. The van der Waals surface area contributed by atoms with Gasteiger partial charge in [0.2, 0.25) is 0 Å². The van der Waals surface area contributed by atoms with Crippen LogP contribution in [0.5, 0.6) is 0 Å². The predicted octanol–water partition coefficient (Wildman–Crippen LogP) is 2.88. The van der Waals surface area contributed by atoms with Crippen molar-refractivity contribution in [3.05, 3.63) is 65.5 Å². The van der Waals surface area contributed by atoms with E-state index in [-0.39, 0.29) is 17.8 Å². The minimum Gasteiger partial charge on any atom is -0.367 e. The number of halogens is 1. The molecule has 0 radical (unpaired) electrons. The monoisotopic (exact) mass is 312 g/mol. The van der Waals surface area contributed by atoms with Crippen LogP contribution in [0.15, 0.2) is 48.5 Å². The highest BCUT2D eigenvalue weighted by atomic mass is 19.1. The second kappa shape index (κ2) is 5.76. The minimum absolute atomic E-state index is 0.0722. The molecule has 5 heteroatoms. The molecule has 2 bridgehead atoms. The van der Waals surface area contributed by atoms with Crippen molar-refractivity contribution < 1.29 is 13.9 Å². The molecule has 2 aliphatic rings. The third-order valence-electron chi connectivity index (χ3n) is 4.43. The molecule has 2 saturated heterocycles. The Kier molecular flexibility index (Phi) is 3.59. The Hall–Kier alpha value is -2.24. The Morgan fingerprint density at radius 2 is 1.87 bits per heavy atom. The molecule has 4 rings (SSSR count). The van der Waals surface area contributed by atoms with Crippen molar-refractivity contribution in [1.29, 1.82) is 0 Å². The quantitative estimate of drug-likeness (QED) is 0.916. The summed E-state index contributed by atoms with van der Waals surface area (Å²) in [5.74, 6) is -0.540. The summed E-state index contributed by atoms with van der Waals surface area (Å²) in [5.41, 5.74) is 2.22. The number of amides is 1. The van der Waals surface area contributed by atoms with E-state index in [2.05, 4.69) is 10.6 Å². The van der Waals surface area contributed by atoms with E-state index in [9.17, 15) is 9.18 Å². The molecule has 4 nitrogen and oxygen atoms in total. The Morgan fingerprint density at radius 1 is 1.13 bits per heavy atom. The van der Waals surface area contributed by atoms with Gasteiger partial charge < -0.3 is 15.4 Å². The van der Waals surface area contributed by atoms with E-state index < -0.39 is 0 Å². The highest BCUT2D eigenvalue weighted by molar-refractivity contribution is 6.04. The third kappa shape index (κ3) is 2.85. The van der Waals surface area contributed by atoms with Gasteiger partial charge in [-0.15, -0.1) is 0 Å².